The molecule has 0 bridgehead atoms. The molecule has 3 N–H and O–H groups in total. The second kappa shape index (κ2) is 9.39. The van der Waals surface area contributed by atoms with E-state index in [9.17, 15) is 19.8 Å². The second-order valence-corrected chi connectivity index (χ2v) is 12.6. The molecule has 0 saturated heterocycles. The van der Waals surface area contributed by atoms with Crippen molar-refractivity contribution >= 4 is 12.1 Å². The molecule has 4 aliphatic carbocycles. The van der Waals surface area contributed by atoms with Gasteiger partial charge in [-0.05, 0) is 105 Å². The van der Waals surface area contributed by atoms with Gasteiger partial charge in [0.15, 0.2) is 0 Å². The number of aliphatic hydroxyl groups excluding tert-OH is 1. The van der Waals surface area contributed by atoms with Crippen LogP contribution in [0.5, 0.6) is 0 Å². The van der Waals surface area contributed by atoms with E-state index in [0.717, 1.165) is 57.8 Å². The fourth-order valence-electron chi connectivity index (χ4n) is 8.83. The van der Waals surface area contributed by atoms with E-state index in [1.54, 1.807) is 0 Å². The maximum Gasteiger partial charge on any atom is 0.407 e. The summed E-state index contributed by atoms with van der Waals surface area (Å²) in [6.07, 6.45) is 9.67. The van der Waals surface area contributed by atoms with Gasteiger partial charge in [0, 0.05) is 0 Å². The Bertz CT molecular complexity index is 740. The Balaban J connectivity index is 1.38. The fraction of sp³-hybridized carbons (Fsp3) is 0.926. The summed E-state index contributed by atoms with van der Waals surface area (Å²) in [5.41, 5.74) is 0.237. The highest BCUT2D eigenvalue weighted by Crippen LogP contribution is 2.67. The number of carboxylic acid groups (broad SMARTS) is 1. The van der Waals surface area contributed by atoms with Gasteiger partial charge in [-0.15, -0.1) is 0 Å². The van der Waals surface area contributed by atoms with E-state index >= 15 is 0 Å². The van der Waals surface area contributed by atoms with Crippen LogP contribution in [0.3, 0.4) is 0 Å². The molecule has 0 heterocycles. The van der Waals surface area contributed by atoms with Gasteiger partial charge in [-0.1, -0.05) is 27.7 Å². The first-order chi connectivity index (χ1) is 15.6. The zero-order valence-corrected chi connectivity index (χ0v) is 21.0. The van der Waals surface area contributed by atoms with E-state index in [4.69, 9.17) is 4.74 Å². The molecule has 0 aromatic rings. The van der Waals surface area contributed by atoms with Crippen molar-refractivity contribution in [1.82, 2.24) is 5.32 Å². The largest absolute Gasteiger partial charge is 0.481 e. The molecule has 33 heavy (non-hydrogen) atoms. The number of ether oxygens (including phenoxy) is 1. The van der Waals surface area contributed by atoms with Crippen molar-refractivity contribution in [3.63, 3.8) is 0 Å². The number of alkyl carbamates (subject to hydrolysis) is 1. The van der Waals surface area contributed by atoms with Gasteiger partial charge in [0.1, 0.15) is 6.10 Å². The number of nitrogens with one attached hydrogen (secondary N) is 1. The molecule has 4 rings (SSSR count). The standard InChI is InChI=1S/C27H45NO5/c1-16(2)13-18(15-29)28-25(32)33-19-9-11-26(3)17(14-19)5-6-20-21-7-8-23(24(30)31)27(21,4)12-10-22(20)26/h16-23,29H,5-15H2,1-4H3,(H,28,32)(H,30,31)/t17?,18?,19?,20-,21-,22-,23?,26-,27-/m0/s1. The lowest BCUT2D eigenvalue weighted by Crippen LogP contribution is -2.54. The molecular weight excluding hydrogens is 418 g/mol. The molecule has 0 aromatic heterocycles. The lowest BCUT2D eigenvalue weighted by Gasteiger charge is -2.60. The lowest BCUT2D eigenvalue weighted by atomic mass is 9.44. The number of rotatable bonds is 6. The molecule has 4 aliphatic rings. The van der Waals surface area contributed by atoms with E-state index < -0.39 is 12.1 Å². The number of aliphatic carboxylic acids is 1. The SMILES string of the molecule is CC(C)CC(CO)NC(=O)OC1CC[C@@]2(C)C(CC[C@@H]3[C@@H]2CC[C@]2(C)C(C(=O)O)CC[C@@H]32)C1. The van der Waals surface area contributed by atoms with Crippen LogP contribution in [0.2, 0.25) is 0 Å². The summed E-state index contributed by atoms with van der Waals surface area (Å²) in [6.45, 7) is 8.83. The van der Waals surface area contributed by atoms with Gasteiger partial charge >= 0.3 is 12.1 Å². The third-order valence-corrected chi connectivity index (χ3v) is 10.5. The molecule has 4 saturated carbocycles. The smallest absolute Gasteiger partial charge is 0.407 e. The van der Waals surface area contributed by atoms with Crippen LogP contribution in [0, 0.1) is 46.3 Å². The van der Waals surface area contributed by atoms with Crippen LogP contribution >= 0.6 is 0 Å². The van der Waals surface area contributed by atoms with Crippen LogP contribution in [0.1, 0.15) is 91.9 Å². The molecular formula is C27H45NO5. The van der Waals surface area contributed by atoms with E-state index in [2.05, 4.69) is 33.0 Å². The Kier molecular flexibility index (Phi) is 7.06. The predicted molar refractivity (Wildman–Crippen MR) is 127 cm³/mol. The first kappa shape index (κ1) is 24.8. The summed E-state index contributed by atoms with van der Waals surface area (Å²) >= 11 is 0. The second-order valence-electron chi connectivity index (χ2n) is 12.6. The van der Waals surface area contributed by atoms with Crippen LogP contribution < -0.4 is 5.32 Å². The quantitative estimate of drug-likeness (QED) is 0.501. The minimum absolute atomic E-state index is 0.0339. The number of carbonyl (C=O) groups is 2. The highest BCUT2D eigenvalue weighted by molar-refractivity contribution is 5.71. The molecule has 1 amide bonds. The van der Waals surface area contributed by atoms with Crippen LogP contribution in [-0.4, -0.2) is 41.0 Å². The molecule has 0 aliphatic heterocycles. The number of carbonyl (C=O) groups excluding carboxylic acids is 1. The van der Waals surface area contributed by atoms with Crippen molar-refractivity contribution < 1.29 is 24.5 Å². The van der Waals surface area contributed by atoms with Crippen LogP contribution in [0.4, 0.5) is 4.79 Å². The number of fused-ring (bicyclic) bond motifs is 5. The van der Waals surface area contributed by atoms with E-state index in [1.165, 1.54) is 6.42 Å². The van der Waals surface area contributed by atoms with Gasteiger partial charge in [-0.3, -0.25) is 4.79 Å². The molecule has 0 spiro atoms. The lowest BCUT2D eigenvalue weighted by molar-refractivity contribution is -0.154. The summed E-state index contributed by atoms with van der Waals surface area (Å²) in [5, 5.41) is 22.2. The number of hydrogen-bond donors (Lipinski definition) is 3. The van der Waals surface area contributed by atoms with Crippen LogP contribution in [-0.2, 0) is 9.53 Å². The van der Waals surface area contributed by atoms with E-state index in [-0.39, 0.29) is 35.5 Å². The summed E-state index contributed by atoms with van der Waals surface area (Å²) < 4.78 is 5.83. The van der Waals surface area contributed by atoms with Gasteiger partial charge in [-0.25, -0.2) is 4.79 Å². The van der Waals surface area contributed by atoms with Crippen molar-refractivity contribution in [2.45, 2.75) is 104 Å². The Hall–Kier alpha value is -1.30. The van der Waals surface area contributed by atoms with Crippen LogP contribution in [0.25, 0.3) is 0 Å². The summed E-state index contributed by atoms with van der Waals surface area (Å²) in [5.74, 6) is 2.07. The molecule has 0 radical (unpaired) electrons. The van der Waals surface area contributed by atoms with Gasteiger partial charge in [0.05, 0.1) is 18.6 Å². The molecule has 9 atom stereocenters. The normalized spacial score (nSPS) is 43.2. The Morgan fingerprint density at radius 3 is 2.36 bits per heavy atom. The zero-order valence-electron chi connectivity index (χ0n) is 21.0. The average Bonchev–Trinajstić information content (AvgIpc) is 3.10. The molecule has 6 nitrogen and oxygen atoms in total. The third kappa shape index (κ3) is 4.53. The summed E-state index contributed by atoms with van der Waals surface area (Å²) in [4.78, 5) is 24.4. The molecule has 188 valence electrons. The van der Waals surface area contributed by atoms with Crippen molar-refractivity contribution in [2.75, 3.05) is 6.61 Å². The van der Waals surface area contributed by atoms with Crippen molar-refractivity contribution in [1.29, 1.82) is 0 Å². The van der Waals surface area contributed by atoms with Crippen LogP contribution in [0.15, 0.2) is 0 Å². The Labute approximate surface area is 199 Å². The highest BCUT2D eigenvalue weighted by atomic mass is 16.6. The maximum absolute atomic E-state index is 12.5. The first-order valence-electron chi connectivity index (χ1n) is 13.4. The van der Waals surface area contributed by atoms with E-state index in [0.29, 0.717) is 29.6 Å². The molecule has 4 unspecified atom stereocenters. The number of carboxylic acids is 1. The van der Waals surface area contributed by atoms with Gasteiger partial charge in [-0.2, -0.15) is 0 Å². The molecule has 4 fully saturated rings. The Morgan fingerprint density at radius 1 is 1.00 bits per heavy atom. The topological polar surface area (TPSA) is 95.9 Å². The summed E-state index contributed by atoms with van der Waals surface area (Å²) in [7, 11) is 0. The number of hydrogen-bond acceptors (Lipinski definition) is 4. The summed E-state index contributed by atoms with van der Waals surface area (Å²) in [6, 6.07) is -0.251. The maximum atomic E-state index is 12.5. The van der Waals surface area contributed by atoms with Gasteiger partial charge < -0.3 is 20.3 Å². The minimum atomic E-state index is -0.592. The predicted octanol–water partition coefficient (Wildman–Crippen LogP) is 5.23. The molecule has 0 aromatic carbocycles. The van der Waals surface area contributed by atoms with Gasteiger partial charge in [0.25, 0.3) is 0 Å². The molecule has 6 heteroatoms. The zero-order chi connectivity index (χ0) is 24.0. The number of aliphatic hydroxyl groups is 1. The van der Waals surface area contributed by atoms with E-state index in [1.807, 2.05) is 0 Å². The first-order valence-corrected chi connectivity index (χ1v) is 13.4. The third-order valence-electron chi connectivity index (χ3n) is 10.5. The van der Waals surface area contributed by atoms with Gasteiger partial charge in [0.2, 0.25) is 0 Å². The van der Waals surface area contributed by atoms with Crippen molar-refractivity contribution in [2.24, 2.45) is 46.3 Å². The van der Waals surface area contributed by atoms with Crippen molar-refractivity contribution in [3.8, 4) is 0 Å². The number of amides is 1. The average molecular weight is 464 g/mol. The Morgan fingerprint density at radius 2 is 1.70 bits per heavy atom. The fourth-order valence-corrected chi connectivity index (χ4v) is 8.83. The van der Waals surface area contributed by atoms with Crippen molar-refractivity contribution in [3.05, 3.63) is 0 Å². The monoisotopic (exact) mass is 463 g/mol. The minimum Gasteiger partial charge on any atom is -0.481 e. The highest BCUT2D eigenvalue weighted by Gasteiger charge is 2.61.